The zero-order chi connectivity index (χ0) is 21.3. The van der Waals surface area contributed by atoms with Crippen LogP contribution >= 0.6 is 34.8 Å². The lowest BCUT2D eigenvalue weighted by Crippen LogP contribution is -2.54. The maximum Gasteiger partial charge on any atom is 0.335 e. The van der Waals surface area contributed by atoms with Crippen LogP contribution in [0, 0.1) is 6.92 Å². The van der Waals surface area contributed by atoms with Gasteiger partial charge in [-0.3, -0.25) is 14.9 Å². The number of nitrogens with one attached hydrogen (secondary N) is 1. The van der Waals surface area contributed by atoms with Crippen LogP contribution < -0.4 is 15.0 Å². The molecule has 1 saturated heterocycles. The van der Waals surface area contributed by atoms with E-state index >= 15 is 0 Å². The van der Waals surface area contributed by atoms with Crippen LogP contribution in [0.15, 0.2) is 35.9 Å². The van der Waals surface area contributed by atoms with E-state index in [-0.39, 0.29) is 22.0 Å². The van der Waals surface area contributed by atoms with Crippen molar-refractivity contribution in [1.29, 1.82) is 0 Å². The van der Waals surface area contributed by atoms with E-state index in [4.69, 9.17) is 39.5 Å². The molecule has 0 atom stereocenters. The standard InChI is InChI=1S/C20H15Cl3N2O4/c1-3-29-17-11(6-13(22)8-15(17)23)7-14-18(26)24-20(28)25(19(14)27)16-9-12(21)5-4-10(16)2/h4-9H,3H2,1-2H3,(H,24,26,28)/b14-7+. The maximum absolute atomic E-state index is 13.1. The van der Waals surface area contributed by atoms with Crippen LogP contribution in [0.1, 0.15) is 18.1 Å². The molecule has 0 saturated carbocycles. The van der Waals surface area contributed by atoms with Gasteiger partial charge in [0.25, 0.3) is 11.8 Å². The molecule has 9 heteroatoms. The minimum absolute atomic E-state index is 0.230. The monoisotopic (exact) mass is 452 g/mol. The summed E-state index contributed by atoms with van der Waals surface area (Å²) < 4.78 is 5.53. The molecule has 1 aliphatic rings. The molecular formula is C20H15Cl3N2O4. The molecule has 29 heavy (non-hydrogen) atoms. The van der Waals surface area contributed by atoms with Gasteiger partial charge in [-0.15, -0.1) is 0 Å². The minimum Gasteiger partial charge on any atom is -0.492 e. The number of benzene rings is 2. The van der Waals surface area contributed by atoms with E-state index < -0.39 is 17.8 Å². The summed E-state index contributed by atoms with van der Waals surface area (Å²) in [5.74, 6) is -1.37. The van der Waals surface area contributed by atoms with Gasteiger partial charge >= 0.3 is 6.03 Å². The Hall–Kier alpha value is -2.54. The highest BCUT2D eigenvalue weighted by Crippen LogP contribution is 2.35. The Bertz CT molecular complexity index is 1070. The fraction of sp³-hybridized carbons (Fsp3) is 0.150. The summed E-state index contributed by atoms with van der Waals surface area (Å²) in [4.78, 5) is 38.7. The number of imide groups is 2. The zero-order valence-corrected chi connectivity index (χ0v) is 17.7. The zero-order valence-electron chi connectivity index (χ0n) is 15.4. The number of carbonyl (C=O) groups is 3. The molecule has 1 aliphatic heterocycles. The number of urea groups is 1. The van der Waals surface area contributed by atoms with Crippen LogP contribution in [0.25, 0.3) is 6.08 Å². The molecule has 0 bridgehead atoms. The van der Waals surface area contributed by atoms with Crippen LogP contribution in [-0.2, 0) is 9.59 Å². The molecule has 0 radical (unpaired) electrons. The number of carbonyl (C=O) groups excluding carboxylic acids is 3. The van der Waals surface area contributed by atoms with E-state index in [1.54, 1.807) is 26.0 Å². The molecule has 0 unspecified atom stereocenters. The van der Waals surface area contributed by atoms with Gasteiger partial charge in [0.2, 0.25) is 0 Å². The number of anilines is 1. The fourth-order valence-electron chi connectivity index (χ4n) is 2.84. The van der Waals surface area contributed by atoms with E-state index in [1.165, 1.54) is 24.3 Å². The third kappa shape index (κ3) is 4.24. The van der Waals surface area contributed by atoms with Crippen molar-refractivity contribution in [3.05, 3.63) is 62.1 Å². The molecule has 1 fully saturated rings. The van der Waals surface area contributed by atoms with Crippen molar-refractivity contribution >= 4 is 64.4 Å². The van der Waals surface area contributed by atoms with Crippen LogP contribution in [0.5, 0.6) is 5.75 Å². The average molecular weight is 454 g/mol. The SMILES string of the molecule is CCOc1c(Cl)cc(Cl)cc1/C=C1\C(=O)NC(=O)N(c2cc(Cl)ccc2C)C1=O. The first-order chi connectivity index (χ1) is 13.7. The van der Waals surface area contributed by atoms with E-state index in [0.717, 1.165) is 4.90 Å². The van der Waals surface area contributed by atoms with Gasteiger partial charge in [0.15, 0.2) is 0 Å². The van der Waals surface area contributed by atoms with Crippen LogP contribution in [0.2, 0.25) is 15.1 Å². The maximum atomic E-state index is 13.1. The van der Waals surface area contributed by atoms with Crippen molar-refractivity contribution in [3.8, 4) is 5.75 Å². The van der Waals surface area contributed by atoms with Crippen molar-refractivity contribution in [3.63, 3.8) is 0 Å². The number of rotatable bonds is 4. The topological polar surface area (TPSA) is 75.7 Å². The normalized spacial score (nSPS) is 15.7. The number of nitrogens with zero attached hydrogens (tertiary/aromatic N) is 1. The molecule has 2 aromatic rings. The van der Waals surface area contributed by atoms with Gasteiger partial charge in [-0.1, -0.05) is 40.9 Å². The van der Waals surface area contributed by atoms with Crippen molar-refractivity contribution in [2.24, 2.45) is 0 Å². The Morgan fingerprint density at radius 2 is 1.79 bits per heavy atom. The number of aryl methyl sites for hydroxylation is 1. The third-order valence-corrected chi connectivity index (χ3v) is 4.87. The summed E-state index contributed by atoms with van der Waals surface area (Å²) in [6, 6.07) is 6.92. The minimum atomic E-state index is -0.864. The molecule has 3 rings (SSSR count). The summed E-state index contributed by atoms with van der Waals surface area (Å²) in [6.07, 6.45) is 1.29. The van der Waals surface area contributed by atoms with Crippen molar-refractivity contribution < 1.29 is 19.1 Å². The summed E-state index contributed by atoms with van der Waals surface area (Å²) in [6.45, 7) is 3.79. The van der Waals surface area contributed by atoms with Crippen LogP contribution in [0.3, 0.4) is 0 Å². The lowest BCUT2D eigenvalue weighted by molar-refractivity contribution is -0.122. The average Bonchev–Trinajstić information content (AvgIpc) is 2.64. The van der Waals surface area contributed by atoms with Gasteiger partial charge in [-0.25, -0.2) is 9.69 Å². The quantitative estimate of drug-likeness (QED) is 0.521. The lowest BCUT2D eigenvalue weighted by Gasteiger charge is -2.27. The highest BCUT2D eigenvalue weighted by atomic mass is 35.5. The smallest absolute Gasteiger partial charge is 0.335 e. The molecule has 0 aliphatic carbocycles. The third-order valence-electron chi connectivity index (χ3n) is 4.14. The van der Waals surface area contributed by atoms with E-state index in [1.807, 2.05) is 0 Å². The van der Waals surface area contributed by atoms with Gasteiger partial charge < -0.3 is 4.74 Å². The first kappa shape index (κ1) is 21.2. The van der Waals surface area contributed by atoms with Gasteiger partial charge in [-0.2, -0.15) is 0 Å². The Morgan fingerprint density at radius 1 is 1.07 bits per heavy atom. The molecule has 1 heterocycles. The molecule has 0 aromatic heterocycles. The number of barbiturate groups is 1. The van der Waals surface area contributed by atoms with E-state index in [2.05, 4.69) is 5.32 Å². The number of ether oxygens (including phenoxy) is 1. The number of amides is 4. The van der Waals surface area contributed by atoms with Gasteiger partial charge in [0.05, 0.1) is 17.3 Å². The summed E-state index contributed by atoms with van der Waals surface area (Å²) in [7, 11) is 0. The molecular weight excluding hydrogens is 439 g/mol. The van der Waals surface area contributed by atoms with Crippen LogP contribution in [0.4, 0.5) is 10.5 Å². The fourth-order valence-corrected chi connectivity index (χ4v) is 3.57. The number of hydrogen-bond acceptors (Lipinski definition) is 4. The van der Waals surface area contributed by atoms with Gasteiger partial charge in [0.1, 0.15) is 11.3 Å². The molecule has 2 aromatic carbocycles. The largest absolute Gasteiger partial charge is 0.492 e. The molecule has 6 nitrogen and oxygen atoms in total. The molecule has 4 amide bonds. The summed E-state index contributed by atoms with van der Waals surface area (Å²) in [5, 5.41) is 3.04. The second-order valence-corrected chi connectivity index (χ2v) is 7.41. The molecule has 0 spiro atoms. The van der Waals surface area contributed by atoms with Crippen molar-refractivity contribution in [2.45, 2.75) is 13.8 Å². The number of hydrogen-bond donors (Lipinski definition) is 1. The summed E-state index contributed by atoms with van der Waals surface area (Å²) in [5.41, 5.74) is 0.961. The highest BCUT2D eigenvalue weighted by molar-refractivity contribution is 6.40. The highest BCUT2D eigenvalue weighted by Gasteiger charge is 2.37. The summed E-state index contributed by atoms with van der Waals surface area (Å²) >= 11 is 18.3. The van der Waals surface area contributed by atoms with Crippen LogP contribution in [-0.4, -0.2) is 24.5 Å². The Balaban J connectivity index is 2.13. The predicted octanol–water partition coefficient (Wildman–Crippen LogP) is 5.02. The molecule has 1 N–H and O–H groups in total. The van der Waals surface area contributed by atoms with E-state index in [9.17, 15) is 14.4 Å². The first-order valence-corrected chi connectivity index (χ1v) is 9.65. The second-order valence-electron chi connectivity index (χ2n) is 6.13. The molecule has 150 valence electrons. The van der Waals surface area contributed by atoms with E-state index in [0.29, 0.717) is 27.8 Å². The van der Waals surface area contributed by atoms with Gasteiger partial charge in [0, 0.05) is 15.6 Å². The Morgan fingerprint density at radius 3 is 2.48 bits per heavy atom. The Kier molecular flexibility index (Phi) is 6.17. The predicted molar refractivity (Wildman–Crippen MR) is 113 cm³/mol. The number of halogens is 3. The van der Waals surface area contributed by atoms with Gasteiger partial charge in [-0.05, 0) is 49.8 Å². The first-order valence-electron chi connectivity index (χ1n) is 8.52. The van der Waals surface area contributed by atoms with Crippen molar-refractivity contribution in [2.75, 3.05) is 11.5 Å². The lowest BCUT2D eigenvalue weighted by atomic mass is 10.0. The van der Waals surface area contributed by atoms with Crippen molar-refractivity contribution in [1.82, 2.24) is 5.32 Å². The Labute approximate surface area is 182 Å². The second kappa shape index (κ2) is 8.45.